The van der Waals surface area contributed by atoms with Crippen LogP contribution in [0.2, 0.25) is 0 Å². The van der Waals surface area contributed by atoms with Gasteiger partial charge in [0.2, 0.25) is 0 Å². The molecule has 0 atom stereocenters. The van der Waals surface area contributed by atoms with Crippen molar-refractivity contribution in [3.63, 3.8) is 0 Å². The fourth-order valence-electron chi connectivity index (χ4n) is 2.73. The third-order valence-electron chi connectivity index (χ3n) is 4.14. The van der Waals surface area contributed by atoms with Crippen molar-refractivity contribution in [3.05, 3.63) is 71.7 Å². The highest BCUT2D eigenvalue weighted by atomic mass is 16.1. The van der Waals surface area contributed by atoms with Crippen molar-refractivity contribution in [2.75, 3.05) is 6.54 Å². The summed E-state index contributed by atoms with van der Waals surface area (Å²) in [7, 11) is 1.81. The van der Waals surface area contributed by atoms with Crippen LogP contribution in [0.25, 0.3) is 11.3 Å². The van der Waals surface area contributed by atoms with Crippen LogP contribution in [0.3, 0.4) is 0 Å². The zero-order valence-corrected chi connectivity index (χ0v) is 14.6. The minimum Gasteiger partial charge on any atom is -0.352 e. The average Bonchev–Trinajstić information content (AvgIpc) is 3.05. The summed E-state index contributed by atoms with van der Waals surface area (Å²) in [4.78, 5) is 16.7. The Balaban J connectivity index is 1.65. The first-order chi connectivity index (χ1) is 12.2. The van der Waals surface area contributed by atoms with Gasteiger partial charge in [0.25, 0.3) is 5.91 Å². The minimum atomic E-state index is -0.114. The second kappa shape index (κ2) is 7.75. The maximum Gasteiger partial charge on any atom is 0.255 e. The Labute approximate surface area is 147 Å². The molecule has 5 heteroatoms. The van der Waals surface area contributed by atoms with E-state index in [9.17, 15) is 4.79 Å². The molecular formula is C20H22N4O. The van der Waals surface area contributed by atoms with Crippen LogP contribution in [0, 0.1) is 0 Å². The van der Waals surface area contributed by atoms with Crippen LogP contribution in [-0.4, -0.2) is 27.2 Å². The molecule has 2 aromatic heterocycles. The van der Waals surface area contributed by atoms with E-state index in [4.69, 9.17) is 0 Å². The zero-order chi connectivity index (χ0) is 17.6. The van der Waals surface area contributed by atoms with Crippen LogP contribution in [0.5, 0.6) is 0 Å². The molecule has 0 fully saturated rings. The summed E-state index contributed by atoms with van der Waals surface area (Å²) in [6.07, 6.45) is 7.01. The lowest BCUT2D eigenvalue weighted by Crippen LogP contribution is -2.25. The number of hydrogen-bond donors (Lipinski definition) is 1. The molecule has 0 unspecified atom stereocenters. The molecule has 5 nitrogen and oxygen atoms in total. The van der Waals surface area contributed by atoms with E-state index in [0.717, 1.165) is 18.4 Å². The quantitative estimate of drug-likeness (QED) is 0.754. The normalized spacial score (nSPS) is 10.6. The zero-order valence-electron chi connectivity index (χ0n) is 14.6. The predicted molar refractivity (Wildman–Crippen MR) is 98.3 cm³/mol. The van der Waals surface area contributed by atoms with Gasteiger partial charge in [-0.2, -0.15) is 5.10 Å². The molecule has 25 heavy (non-hydrogen) atoms. The van der Waals surface area contributed by atoms with Gasteiger partial charge in [-0.05, 0) is 36.1 Å². The van der Waals surface area contributed by atoms with E-state index in [1.165, 1.54) is 11.1 Å². The molecule has 0 radical (unpaired) electrons. The highest BCUT2D eigenvalue weighted by Gasteiger charge is 2.16. The highest BCUT2D eigenvalue weighted by Crippen LogP contribution is 2.20. The Bertz CT molecular complexity index is 838. The van der Waals surface area contributed by atoms with Crippen LogP contribution in [-0.2, 0) is 19.9 Å². The van der Waals surface area contributed by atoms with Crippen molar-refractivity contribution in [3.8, 4) is 11.3 Å². The molecule has 2 heterocycles. The summed E-state index contributed by atoms with van der Waals surface area (Å²) in [5, 5.41) is 7.39. The van der Waals surface area contributed by atoms with E-state index in [0.29, 0.717) is 17.8 Å². The summed E-state index contributed by atoms with van der Waals surface area (Å²) in [5.74, 6) is -0.114. The van der Waals surface area contributed by atoms with Gasteiger partial charge < -0.3 is 5.32 Å². The van der Waals surface area contributed by atoms with E-state index >= 15 is 0 Å². The fraction of sp³-hybridized carbons (Fsp3) is 0.250. The van der Waals surface area contributed by atoms with Gasteiger partial charge in [0.15, 0.2) is 0 Å². The van der Waals surface area contributed by atoms with E-state index in [1.54, 1.807) is 23.3 Å². The molecule has 0 saturated heterocycles. The van der Waals surface area contributed by atoms with Crippen LogP contribution >= 0.6 is 0 Å². The summed E-state index contributed by atoms with van der Waals surface area (Å²) >= 11 is 0. The van der Waals surface area contributed by atoms with E-state index in [2.05, 4.69) is 46.6 Å². The molecule has 0 aliphatic heterocycles. The van der Waals surface area contributed by atoms with Crippen molar-refractivity contribution in [2.45, 2.75) is 19.8 Å². The first kappa shape index (κ1) is 16.9. The molecule has 0 aliphatic rings. The van der Waals surface area contributed by atoms with Crippen LogP contribution in [0.4, 0.5) is 0 Å². The molecule has 0 bridgehead atoms. The number of aromatic nitrogens is 3. The maximum absolute atomic E-state index is 12.6. The number of carbonyl (C=O) groups excluding carboxylic acids is 1. The number of amides is 1. The number of pyridine rings is 1. The van der Waals surface area contributed by atoms with Gasteiger partial charge in [-0.3, -0.25) is 14.5 Å². The molecule has 1 N–H and O–H groups in total. The Morgan fingerprint density at radius 3 is 2.60 bits per heavy atom. The SMILES string of the molecule is CCc1ccc(CCNC(=O)c2cn(C)nc2-c2cccnc2)cc1. The topological polar surface area (TPSA) is 59.8 Å². The third kappa shape index (κ3) is 4.12. The highest BCUT2D eigenvalue weighted by molar-refractivity contribution is 5.99. The Kier molecular flexibility index (Phi) is 5.23. The predicted octanol–water partition coefficient (Wildman–Crippen LogP) is 3.02. The van der Waals surface area contributed by atoms with Crippen molar-refractivity contribution in [1.82, 2.24) is 20.1 Å². The fourth-order valence-corrected chi connectivity index (χ4v) is 2.73. The molecular weight excluding hydrogens is 312 g/mol. The first-order valence-corrected chi connectivity index (χ1v) is 8.47. The van der Waals surface area contributed by atoms with Crippen molar-refractivity contribution < 1.29 is 4.79 Å². The maximum atomic E-state index is 12.6. The van der Waals surface area contributed by atoms with Gasteiger partial charge in [0.05, 0.1) is 5.56 Å². The van der Waals surface area contributed by atoms with Crippen molar-refractivity contribution in [1.29, 1.82) is 0 Å². The minimum absolute atomic E-state index is 0.114. The second-order valence-electron chi connectivity index (χ2n) is 5.98. The van der Waals surface area contributed by atoms with Gasteiger partial charge in [-0.15, -0.1) is 0 Å². The standard InChI is InChI=1S/C20H22N4O/c1-3-15-6-8-16(9-7-15)10-12-22-20(25)18-14-24(2)23-19(18)17-5-4-11-21-13-17/h4-9,11,13-14H,3,10,12H2,1-2H3,(H,22,25). The summed E-state index contributed by atoms with van der Waals surface area (Å²) < 4.78 is 1.65. The molecule has 0 saturated carbocycles. The van der Waals surface area contributed by atoms with E-state index < -0.39 is 0 Å². The van der Waals surface area contributed by atoms with Gasteiger partial charge in [0.1, 0.15) is 5.69 Å². The first-order valence-electron chi connectivity index (χ1n) is 8.47. The lowest BCUT2D eigenvalue weighted by Gasteiger charge is -2.06. The van der Waals surface area contributed by atoms with Gasteiger partial charge in [-0.25, -0.2) is 0 Å². The van der Waals surface area contributed by atoms with Crippen LogP contribution in [0.15, 0.2) is 55.0 Å². The summed E-state index contributed by atoms with van der Waals surface area (Å²) in [5.41, 5.74) is 4.60. The Morgan fingerprint density at radius 1 is 1.16 bits per heavy atom. The van der Waals surface area contributed by atoms with E-state index in [1.807, 2.05) is 19.2 Å². The van der Waals surface area contributed by atoms with Gasteiger partial charge in [0, 0.05) is 37.7 Å². The molecule has 0 spiro atoms. The Morgan fingerprint density at radius 2 is 1.92 bits per heavy atom. The summed E-state index contributed by atoms with van der Waals surface area (Å²) in [6.45, 7) is 2.73. The summed E-state index contributed by atoms with van der Waals surface area (Å²) in [6, 6.07) is 12.3. The number of carbonyl (C=O) groups is 1. The van der Waals surface area contributed by atoms with Crippen LogP contribution in [0.1, 0.15) is 28.4 Å². The smallest absolute Gasteiger partial charge is 0.255 e. The molecule has 128 valence electrons. The lowest BCUT2D eigenvalue weighted by molar-refractivity contribution is 0.0954. The lowest BCUT2D eigenvalue weighted by atomic mass is 10.1. The average molecular weight is 334 g/mol. The third-order valence-corrected chi connectivity index (χ3v) is 4.14. The van der Waals surface area contributed by atoms with Crippen molar-refractivity contribution in [2.24, 2.45) is 7.05 Å². The molecule has 3 aromatic rings. The number of hydrogen-bond acceptors (Lipinski definition) is 3. The van der Waals surface area contributed by atoms with E-state index in [-0.39, 0.29) is 5.91 Å². The molecule has 0 aliphatic carbocycles. The van der Waals surface area contributed by atoms with Gasteiger partial charge in [-0.1, -0.05) is 31.2 Å². The molecule has 3 rings (SSSR count). The van der Waals surface area contributed by atoms with Crippen LogP contribution < -0.4 is 5.32 Å². The number of nitrogens with one attached hydrogen (secondary N) is 1. The largest absolute Gasteiger partial charge is 0.352 e. The monoisotopic (exact) mass is 334 g/mol. The number of nitrogens with zero attached hydrogens (tertiary/aromatic N) is 3. The number of aryl methyl sites for hydroxylation is 2. The van der Waals surface area contributed by atoms with Gasteiger partial charge >= 0.3 is 0 Å². The molecule has 1 amide bonds. The number of benzene rings is 1. The Hall–Kier alpha value is -2.95. The molecule has 1 aromatic carbocycles. The number of rotatable bonds is 6. The second-order valence-corrected chi connectivity index (χ2v) is 5.98. The van der Waals surface area contributed by atoms with Crippen molar-refractivity contribution >= 4 is 5.91 Å².